The molecule has 1 aromatic heterocycles. The summed E-state index contributed by atoms with van der Waals surface area (Å²) in [5.74, 6) is 1.11. The molecule has 19 heavy (non-hydrogen) atoms. The Labute approximate surface area is 113 Å². The summed E-state index contributed by atoms with van der Waals surface area (Å²) in [6, 6.07) is 8.37. The minimum atomic E-state index is 0.0254. The van der Waals surface area contributed by atoms with Gasteiger partial charge in [0.05, 0.1) is 6.10 Å². The lowest BCUT2D eigenvalue weighted by molar-refractivity contribution is 0.222. The van der Waals surface area contributed by atoms with Gasteiger partial charge < -0.3 is 10.1 Å². The van der Waals surface area contributed by atoms with Crippen molar-refractivity contribution in [1.82, 2.24) is 15.0 Å². The van der Waals surface area contributed by atoms with E-state index in [9.17, 15) is 0 Å². The number of anilines is 1. The van der Waals surface area contributed by atoms with Crippen LogP contribution in [0, 0.1) is 6.92 Å². The molecule has 0 radical (unpaired) electrons. The molecule has 0 atom stereocenters. The number of aromatic nitrogens is 3. The van der Waals surface area contributed by atoms with Crippen LogP contribution in [-0.2, 0) is 0 Å². The Morgan fingerprint density at radius 1 is 1.16 bits per heavy atom. The average Bonchev–Trinajstić information content (AvgIpc) is 2.37. The van der Waals surface area contributed by atoms with E-state index >= 15 is 0 Å². The van der Waals surface area contributed by atoms with Crippen molar-refractivity contribution in [3.8, 4) is 17.4 Å². The second-order valence-electron chi connectivity index (χ2n) is 4.55. The van der Waals surface area contributed by atoms with Crippen LogP contribution in [0.2, 0.25) is 0 Å². The number of aryl methyl sites for hydroxylation is 1. The van der Waals surface area contributed by atoms with Crippen LogP contribution in [0.15, 0.2) is 24.3 Å². The quantitative estimate of drug-likeness (QED) is 0.913. The number of hydrogen-bond acceptors (Lipinski definition) is 5. The predicted octanol–water partition coefficient (Wildman–Crippen LogP) is 2.68. The normalized spacial score (nSPS) is 10.6. The highest BCUT2D eigenvalue weighted by Crippen LogP contribution is 2.20. The van der Waals surface area contributed by atoms with Crippen LogP contribution in [0.4, 0.5) is 5.95 Å². The third-order valence-electron chi connectivity index (χ3n) is 2.46. The summed E-state index contributed by atoms with van der Waals surface area (Å²) >= 11 is 0. The molecule has 2 rings (SSSR count). The van der Waals surface area contributed by atoms with E-state index in [1.807, 2.05) is 45.0 Å². The second kappa shape index (κ2) is 5.65. The van der Waals surface area contributed by atoms with E-state index in [1.54, 1.807) is 7.05 Å². The first-order valence-corrected chi connectivity index (χ1v) is 6.26. The Balaban J connectivity index is 2.44. The Hall–Kier alpha value is -2.17. The predicted molar refractivity (Wildman–Crippen MR) is 75.3 cm³/mol. The fraction of sp³-hybridized carbons (Fsp3) is 0.357. The molecule has 0 spiro atoms. The molecule has 0 amide bonds. The van der Waals surface area contributed by atoms with Crippen LogP contribution in [0.3, 0.4) is 0 Å². The zero-order valence-corrected chi connectivity index (χ0v) is 11.6. The fourth-order valence-electron chi connectivity index (χ4n) is 1.65. The second-order valence-corrected chi connectivity index (χ2v) is 4.55. The molecule has 0 unspecified atom stereocenters. The van der Waals surface area contributed by atoms with Crippen molar-refractivity contribution < 1.29 is 4.74 Å². The summed E-state index contributed by atoms with van der Waals surface area (Å²) in [7, 11) is 1.77. The summed E-state index contributed by atoms with van der Waals surface area (Å²) in [5.41, 5.74) is 2.11. The zero-order chi connectivity index (χ0) is 13.8. The van der Waals surface area contributed by atoms with Gasteiger partial charge in [0.2, 0.25) is 5.95 Å². The standard InChI is InChI=1S/C14H18N4O/c1-9(2)19-14-17-12(16-13(15-4)18-14)11-7-5-6-10(3)8-11/h5-9H,1-4H3,(H,15,16,17,18). The van der Waals surface area contributed by atoms with E-state index in [0.29, 0.717) is 17.8 Å². The van der Waals surface area contributed by atoms with Gasteiger partial charge in [-0.25, -0.2) is 0 Å². The molecule has 2 aromatic rings. The highest BCUT2D eigenvalue weighted by molar-refractivity contribution is 5.57. The number of hydrogen-bond donors (Lipinski definition) is 1. The average molecular weight is 258 g/mol. The van der Waals surface area contributed by atoms with Crippen molar-refractivity contribution in [2.24, 2.45) is 0 Å². The van der Waals surface area contributed by atoms with E-state index < -0.39 is 0 Å². The van der Waals surface area contributed by atoms with E-state index in [1.165, 1.54) is 0 Å². The zero-order valence-electron chi connectivity index (χ0n) is 11.6. The van der Waals surface area contributed by atoms with Gasteiger partial charge in [-0.05, 0) is 26.8 Å². The number of benzene rings is 1. The van der Waals surface area contributed by atoms with E-state index in [4.69, 9.17) is 4.74 Å². The molecular formula is C14H18N4O. The summed E-state index contributed by atoms with van der Waals surface area (Å²) in [5, 5.41) is 2.92. The van der Waals surface area contributed by atoms with Crippen molar-refractivity contribution in [2.45, 2.75) is 26.9 Å². The smallest absolute Gasteiger partial charge is 0.322 e. The maximum absolute atomic E-state index is 5.55. The first kappa shape index (κ1) is 13.3. The van der Waals surface area contributed by atoms with Crippen molar-refractivity contribution in [1.29, 1.82) is 0 Å². The first-order valence-electron chi connectivity index (χ1n) is 6.26. The van der Waals surface area contributed by atoms with Gasteiger partial charge in [0, 0.05) is 12.6 Å². The van der Waals surface area contributed by atoms with Crippen molar-refractivity contribution >= 4 is 5.95 Å². The van der Waals surface area contributed by atoms with Gasteiger partial charge in [0.15, 0.2) is 5.82 Å². The molecule has 0 saturated heterocycles. The fourth-order valence-corrected chi connectivity index (χ4v) is 1.65. The Kier molecular flexibility index (Phi) is 3.94. The molecule has 1 heterocycles. The molecule has 0 fully saturated rings. The number of nitrogens with one attached hydrogen (secondary N) is 1. The molecule has 0 saturated carbocycles. The minimum Gasteiger partial charge on any atom is -0.461 e. The third-order valence-corrected chi connectivity index (χ3v) is 2.46. The molecule has 100 valence electrons. The van der Waals surface area contributed by atoms with Gasteiger partial charge in [0.1, 0.15) is 0 Å². The highest BCUT2D eigenvalue weighted by Gasteiger charge is 2.10. The molecule has 0 bridgehead atoms. The SMILES string of the molecule is CNc1nc(OC(C)C)nc(-c2cccc(C)c2)n1. The third kappa shape index (κ3) is 3.40. The molecule has 1 aromatic carbocycles. The number of nitrogens with zero attached hydrogens (tertiary/aromatic N) is 3. The molecule has 5 nitrogen and oxygen atoms in total. The molecule has 0 aliphatic heterocycles. The summed E-state index contributed by atoms with van der Waals surface area (Å²) < 4.78 is 5.55. The summed E-state index contributed by atoms with van der Waals surface area (Å²) in [4.78, 5) is 12.9. The van der Waals surface area contributed by atoms with Crippen LogP contribution in [-0.4, -0.2) is 28.1 Å². The Morgan fingerprint density at radius 3 is 2.58 bits per heavy atom. The molecular weight excluding hydrogens is 240 g/mol. The van der Waals surface area contributed by atoms with Crippen LogP contribution in [0.25, 0.3) is 11.4 Å². The van der Waals surface area contributed by atoms with Gasteiger partial charge in [-0.3, -0.25) is 0 Å². The number of rotatable bonds is 4. The first-order chi connectivity index (χ1) is 9.08. The lowest BCUT2D eigenvalue weighted by Gasteiger charge is -2.10. The van der Waals surface area contributed by atoms with Crippen molar-refractivity contribution in [3.63, 3.8) is 0 Å². The van der Waals surface area contributed by atoms with Crippen LogP contribution >= 0.6 is 0 Å². The van der Waals surface area contributed by atoms with E-state index in [2.05, 4.69) is 20.3 Å². The van der Waals surface area contributed by atoms with Gasteiger partial charge in [-0.2, -0.15) is 15.0 Å². The summed E-state index contributed by atoms with van der Waals surface area (Å²) in [6.07, 6.45) is 0.0254. The molecule has 0 aliphatic rings. The maximum Gasteiger partial charge on any atom is 0.322 e. The topological polar surface area (TPSA) is 59.9 Å². The minimum absolute atomic E-state index is 0.0254. The number of ether oxygens (including phenoxy) is 1. The van der Waals surface area contributed by atoms with Crippen molar-refractivity contribution in [2.75, 3.05) is 12.4 Å². The molecule has 0 aliphatic carbocycles. The largest absolute Gasteiger partial charge is 0.461 e. The van der Waals surface area contributed by atoms with Crippen LogP contribution in [0.5, 0.6) is 6.01 Å². The Morgan fingerprint density at radius 2 is 1.95 bits per heavy atom. The van der Waals surface area contributed by atoms with Gasteiger partial charge in [-0.1, -0.05) is 23.8 Å². The lowest BCUT2D eigenvalue weighted by Crippen LogP contribution is -2.11. The summed E-state index contributed by atoms with van der Waals surface area (Å²) in [6.45, 7) is 5.92. The van der Waals surface area contributed by atoms with E-state index in [0.717, 1.165) is 11.1 Å². The van der Waals surface area contributed by atoms with Crippen LogP contribution < -0.4 is 10.1 Å². The van der Waals surface area contributed by atoms with Gasteiger partial charge >= 0.3 is 6.01 Å². The van der Waals surface area contributed by atoms with Crippen molar-refractivity contribution in [3.05, 3.63) is 29.8 Å². The maximum atomic E-state index is 5.55. The highest BCUT2D eigenvalue weighted by atomic mass is 16.5. The van der Waals surface area contributed by atoms with Crippen LogP contribution in [0.1, 0.15) is 19.4 Å². The van der Waals surface area contributed by atoms with Gasteiger partial charge in [-0.15, -0.1) is 0 Å². The Bertz CT molecular complexity index is 569. The molecule has 1 N–H and O–H groups in total. The van der Waals surface area contributed by atoms with E-state index in [-0.39, 0.29) is 6.10 Å². The molecule has 5 heteroatoms. The monoisotopic (exact) mass is 258 g/mol. The lowest BCUT2D eigenvalue weighted by atomic mass is 10.1. The van der Waals surface area contributed by atoms with Gasteiger partial charge in [0.25, 0.3) is 0 Å².